The van der Waals surface area contributed by atoms with Gasteiger partial charge in [0.15, 0.2) is 0 Å². The van der Waals surface area contributed by atoms with Crippen molar-refractivity contribution in [3.63, 3.8) is 0 Å². The molecule has 1 N–H and O–H groups in total. The van der Waals surface area contributed by atoms with Gasteiger partial charge in [0.1, 0.15) is 0 Å². The first-order chi connectivity index (χ1) is 9.78. The maximum atomic E-state index is 12.5. The second kappa shape index (κ2) is 6.46. The van der Waals surface area contributed by atoms with Crippen LogP contribution in [0.1, 0.15) is 18.9 Å². The molecule has 2 unspecified atom stereocenters. The number of sulfonamides is 1. The molecule has 0 saturated carbocycles. The SMILES string of the molecule is CC1CC(C(=O)O)CN(S(=O)(=O)Cc2ccc(Br)cc2)C1. The highest BCUT2D eigenvalue weighted by atomic mass is 79.9. The van der Waals surface area contributed by atoms with Gasteiger partial charge in [-0.25, -0.2) is 12.7 Å². The molecule has 7 heteroatoms. The van der Waals surface area contributed by atoms with Gasteiger partial charge in [-0.3, -0.25) is 4.79 Å². The number of aliphatic carboxylic acids is 1. The maximum absolute atomic E-state index is 12.5. The summed E-state index contributed by atoms with van der Waals surface area (Å²) in [6.45, 7) is 2.35. The van der Waals surface area contributed by atoms with Crippen LogP contribution in [0.2, 0.25) is 0 Å². The zero-order chi connectivity index (χ0) is 15.6. The third-order valence-corrected chi connectivity index (χ3v) is 5.94. The Labute approximate surface area is 133 Å². The predicted octanol–water partition coefficient (Wildman–Crippen LogP) is 2.32. The van der Waals surface area contributed by atoms with E-state index in [4.69, 9.17) is 5.11 Å². The number of rotatable bonds is 4. The van der Waals surface area contributed by atoms with E-state index in [0.717, 1.165) is 4.47 Å². The molecule has 2 rings (SSSR count). The average molecular weight is 376 g/mol. The first kappa shape index (κ1) is 16.5. The van der Waals surface area contributed by atoms with Gasteiger partial charge in [-0.15, -0.1) is 0 Å². The van der Waals surface area contributed by atoms with Crippen LogP contribution in [0.4, 0.5) is 0 Å². The first-order valence-corrected chi connectivity index (χ1v) is 9.13. The van der Waals surface area contributed by atoms with Gasteiger partial charge >= 0.3 is 5.97 Å². The number of hydrogen-bond donors (Lipinski definition) is 1. The molecule has 0 bridgehead atoms. The Kier molecular flexibility index (Phi) is 5.06. The Morgan fingerprint density at radius 1 is 1.33 bits per heavy atom. The molecule has 5 nitrogen and oxygen atoms in total. The summed E-state index contributed by atoms with van der Waals surface area (Å²) in [7, 11) is -3.49. The van der Waals surface area contributed by atoms with Gasteiger partial charge in [0.25, 0.3) is 0 Å². The van der Waals surface area contributed by atoms with Crippen LogP contribution in [-0.2, 0) is 20.6 Å². The van der Waals surface area contributed by atoms with Crippen LogP contribution in [0.5, 0.6) is 0 Å². The number of benzene rings is 1. The van der Waals surface area contributed by atoms with E-state index in [9.17, 15) is 13.2 Å². The second-order valence-electron chi connectivity index (χ2n) is 5.58. The van der Waals surface area contributed by atoms with Gasteiger partial charge in [0.05, 0.1) is 11.7 Å². The number of nitrogens with zero attached hydrogens (tertiary/aromatic N) is 1. The Morgan fingerprint density at radius 2 is 1.95 bits per heavy atom. The maximum Gasteiger partial charge on any atom is 0.307 e. The molecule has 0 aliphatic carbocycles. The Hall–Kier alpha value is -0.920. The van der Waals surface area contributed by atoms with Crippen molar-refractivity contribution < 1.29 is 18.3 Å². The lowest BCUT2D eigenvalue weighted by Crippen LogP contribution is -2.45. The average Bonchev–Trinajstić information content (AvgIpc) is 2.40. The zero-order valence-corrected chi connectivity index (χ0v) is 14.1. The highest BCUT2D eigenvalue weighted by Gasteiger charge is 2.35. The first-order valence-electron chi connectivity index (χ1n) is 6.73. The molecule has 1 heterocycles. The van der Waals surface area contributed by atoms with E-state index in [1.54, 1.807) is 24.3 Å². The third-order valence-electron chi connectivity index (χ3n) is 3.63. The molecule has 1 saturated heterocycles. The standard InChI is InChI=1S/C14H18BrNO4S/c1-10-6-12(14(17)18)8-16(7-10)21(19,20)9-11-2-4-13(15)5-3-11/h2-5,10,12H,6-9H2,1H3,(H,17,18). The van der Waals surface area contributed by atoms with E-state index in [0.29, 0.717) is 18.5 Å². The fourth-order valence-corrected chi connectivity index (χ4v) is 4.54. The molecule has 0 spiro atoms. The molecule has 116 valence electrons. The highest BCUT2D eigenvalue weighted by molar-refractivity contribution is 9.10. The Balaban J connectivity index is 2.14. The Bertz CT molecular complexity index is 614. The van der Waals surface area contributed by atoms with Gasteiger partial charge in [-0.1, -0.05) is 35.0 Å². The van der Waals surface area contributed by atoms with E-state index in [2.05, 4.69) is 15.9 Å². The molecule has 1 fully saturated rings. The zero-order valence-electron chi connectivity index (χ0n) is 11.7. The number of piperidine rings is 1. The number of carboxylic acids is 1. The molecular weight excluding hydrogens is 358 g/mol. The van der Waals surface area contributed by atoms with E-state index in [1.165, 1.54) is 4.31 Å². The fourth-order valence-electron chi connectivity index (χ4n) is 2.59. The molecule has 1 aliphatic heterocycles. The van der Waals surface area contributed by atoms with Crippen LogP contribution < -0.4 is 0 Å². The third kappa shape index (κ3) is 4.28. The molecule has 2 atom stereocenters. The summed E-state index contributed by atoms with van der Waals surface area (Å²) >= 11 is 3.31. The summed E-state index contributed by atoms with van der Waals surface area (Å²) in [5.74, 6) is -1.59. The fraction of sp³-hybridized carbons (Fsp3) is 0.500. The second-order valence-corrected chi connectivity index (χ2v) is 8.46. The minimum Gasteiger partial charge on any atom is -0.481 e. The van der Waals surface area contributed by atoms with Crippen molar-refractivity contribution in [2.24, 2.45) is 11.8 Å². The van der Waals surface area contributed by atoms with Crippen LogP contribution >= 0.6 is 15.9 Å². The van der Waals surface area contributed by atoms with Gasteiger partial charge in [0.2, 0.25) is 10.0 Å². The molecular formula is C14H18BrNO4S. The van der Waals surface area contributed by atoms with Crippen molar-refractivity contribution in [2.75, 3.05) is 13.1 Å². The molecule has 1 aromatic rings. The van der Waals surface area contributed by atoms with Crippen LogP contribution in [0.3, 0.4) is 0 Å². The summed E-state index contributed by atoms with van der Waals surface area (Å²) < 4.78 is 27.2. The van der Waals surface area contributed by atoms with Crippen LogP contribution in [0.25, 0.3) is 0 Å². The lowest BCUT2D eigenvalue weighted by molar-refractivity contribution is -0.143. The molecule has 21 heavy (non-hydrogen) atoms. The van der Waals surface area contributed by atoms with Crippen molar-refractivity contribution in [2.45, 2.75) is 19.1 Å². The van der Waals surface area contributed by atoms with Crippen LogP contribution in [-0.4, -0.2) is 36.9 Å². The number of carboxylic acid groups (broad SMARTS) is 1. The number of halogens is 1. The smallest absolute Gasteiger partial charge is 0.307 e. The quantitative estimate of drug-likeness (QED) is 0.875. The van der Waals surface area contributed by atoms with Gasteiger partial charge in [-0.2, -0.15) is 0 Å². The number of carbonyl (C=O) groups is 1. The van der Waals surface area contributed by atoms with E-state index < -0.39 is 21.9 Å². The highest BCUT2D eigenvalue weighted by Crippen LogP contribution is 2.25. The van der Waals surface area contributed by atoms with Crippen LogP contribution in [0, 0.1) is 11.8 Å². The number of hydrogen-bond acceptors (Lipinski definition) is 3. The molecule has 1 aromatic carbocycles. The lowest BCUT2D eigenvalue weighted by Gasteiger charge is -2.33. The summed E-state index contributed by atoms with van der Waals surface area (Å²) in [6.07, 6.45) is 0.527. The van der Waals surface area contributed by atoms with Gasteiger partial charge in [0, 0.05) is 17.6 Å². The normalized spacial score (nSPS) is 23.9. The lowest BCUT2D eigenvalue weighted by atomic mass is 9.92. The molecule has 1 aliphatic rings. The van der Waals surface area contributed by atoms with Crippen molar-refractivity contribution in [1.29, 1.82) is 0 Å². The van der Waals surface area contributed by atoms with Crippen molar-refractivity contribution in [3.05, 3.63) is 34.3 Å². The molecule has 0 aromatic heterocycles. The minimum absolute atomic E-state index is 0.0551. The minimum atomic E-state index is -3.49. The monoisotopic (exact) mass is 375 g/mol. The van der Waals surface area contributed by atoms with Crippen molar-refractivity contribution >= 4 is 31.9 Å². The predicted molar refractivity (Wildman–Crippen MR) is 83.2 cm³/mol. The van der Waals surface area contributed by atoms with Crippen molar-refractivity contribution in [3.8, 4) is 0 Å². The summed E-state index contributed by atoms with van der Waals surface area (Å²) in [6, 6.07) is 7.10. The molecule has 0 radical (unpaired) electrons. The topological polar surface area (TPSA) is 74.7 Å². The van der Waals surface area contributed by atoms with Gasteiger partial charge < -0.3 is 5.11 Å². The van der Waals surface area contributed by atoms with E-state index in [-0.39, 0.29) is 18.2 Å². The molecule has 0 amide bonds. The van der Waals surface area contributed by atoms with Gasteiger partial charge in [-0.05, 0) is 30.0 Å². The summed E-state index contributed by atoms with van der Waals surface area (Å²) in [5, 5.41) is 9.13. The van der Waals surface area contributed by atoms with E-state index in [1.807, 2.05) is 6.92 Å². The van der Waals surface area contributed by atoms with Crippen molar-refractivity contribution in [1.82, 2.24) is 4.31 Å². The Morgan fingerprint density at radius 3 is 2.52 bits per heavy atom. The van der Waals surface area contributed by atoms with Crippen LogP contribution in [0.15, 0.2) is 28.7 Å². The summed E-state index contributed by atoms with van der Waals surface area (Å²) in [4.78, 5) is 11.1. The summed E-state index contributed by atoms with van der Waals surface area (Å²) in [5.41, 5.74) is 0.698. The largest absolute Gasteiger partial charge is 0.481 e. The van der Waals surface area contributed by atoms with E-state index >= 15 is 0 Å².